The number of carbonyl (C=O) groups excluding carboxylic acids is 1. The maximum atomic E-state index is 12.4. The van der Waals surface area contributed by atoms with E-state index in [1.165, 1.54) is 43.2 Å². The van der Waals surface area contributed by atoms with Crippen molar-refractivity contribution in [3.8, 4) is 0 Å². The summed E-state index contributed by atoms with van der Waals surface area (Å²) in [4.78, 5) is 14.9. The molecule has 0 atom stereocenters. The highest BCUT2D eigenvalue weighted by atomic mass is 16.1. The smallest absolute Gasteiger partial charge is 0.223 e. The molecule has 3 heteroatoms. The highest BCUT2D eigenvalue weighted by molar-refractivity contribution is 5.79. The van der Waals surface area contributed by atoms with Gasteiger partial charge in [0, 0.05) is 18.5 Å². The van der Waals surface area contributed by atoms with Gasteiger partial charge < -0.3 is 5.32 Å². The minimum absolute atomic E-state index is 0.227. The van der Waals surface area contributed by atoms with Gasteiger partial charge in [-0.2, -0.15) is 0 Å². The predicted molar refractivity (Wildman–Crippen MR) is 94.2 cm³/mol. The molecule has 0 spiro atoms. The number of likely N-dealkylation sites (tertiary alicyclic amines) is 1. The van der Waals surface area contributed by atoms with Crippen LogP contribution in [0.3, 0.4) is 0 Å². The van der Waals surface area contributed by atoms with Crippen molar-refractivity contribution in [3.63, 3.8) is 0 Å². The Morgan fingerprint density at radius 1 is 1.13 bits per heavy atom. The van der Waals surface area contributed by atoms with Crippen LogP contribution >= 0.6 is 0 Å². The van der Waals surface area contributed by atoms with Gasteiger partial charge in [-0.25, -0.2) is 0 Å². The first-order valence-electron chi connectivity index (χ1n) is 9.29. The average molecular weight is 314 g/mol. The molecule has 0 unspecified atom stereocenters. The zero-order valence-corrected chi connectivity index (χ0v) is 14.4. The standard InChI is InChI=1S/C20H30N2O/c1-16-6-5-7-17(14-16)15-22-12-10-18(11-13-22)20(23)21-19-8-3-2-4-9-19/h5-7,14,18-19H,2-4,8-13,15H2,1H3,(H,21,23). The summed E-state index contributed by atoms with van der Waals surface area (Å²) in [5.74, 6) is 0.540. The number of aryl methyl sites for hydroxylation is 1. The third kappa shape index (κ3) is 4.81. The maximum Gasteiger partial charge on any atom is 0.223 e. The van der Waals surface area contributed by atoms with Crippen molar-refractivity contribution in [1.29, 1.82) is 0 Å². The summed E-state index contributed by atoms with van der Waals surface area (Å²) in [5.41, 5.74) is 2.71. The summed E-state index contributed by atoms with van der Waals surface area (Å²) < 4.78 is 0. The van der Waals surface area contributed by atoms with E-state index >= 15 is 0 Å². The third-order valence-electron chi connectivity index (χ3n) is 5.40. The molecular formula is C20H30N2O. The van der Waals surface area contributed by atoms with Gasteiger partial charge in [-0.15, -0.1) is 0 Å². The Labute approximate surface area is 140 Å². The molecule has 3 nitrogen and oxygen atoms in total. The number of hydrogen-bond acceptors (Lipinski definition) is 2. The summed E-state index contributed by atoms with van der Waals surface area (Å²) in [7, 11) is 0. The molecule has 1 N–H and O–H groups in total. The Kier molecular flexibility index (Phi) is 5.71. The Morgan fingerprint density at radius 2 is 1.87 bits per heavy atom. The van der Waals surface area contributed by atoms with E-state index < -0.39 is 0 Å². The molecule has 1 saturated carbocycles. The van der Waals surface area contributed by atoms with Crippen LogP contribution in [0.1, 0.15) is 56.1 Å². The van der Waals surface area contributed by atoms with Crippen molar-refractivity contribution in [2.45, 2.75) is 64.5 Å². The SMILES string of the molecule is Cc1cccc(CN2CCC(C(=O)NC3CCCCC3)CC2)c1. The van der Waals surface area contributed by atoms with Crippen molar-refractivity contribution in [1.82, 2.24) is 10.2 Å². The lowest BCUT2D eigenvalue weighted by Gasteiger charge is -2.32. The maximum absolute atomic E-state index is 12.4. The van der Waals surface area contributed by atoms with Crippen LogP contribution < -0.4 is 5.32 Å². The monoisotopic (exact) mass is 314 g/mol. The number of rotatable bonds is 4. The fourth-order valence-electron chi connectivity index (χ4n) is 3.99. The van der Waals surface area contributed by atoms with E-state index in [1.54, 1.807) is 0 Å². The van der Waals surface area contributed by atoms with Gasteiger partial charge in [0.2, 0.25) is 5.91 Å². The van der Waals surface area contributed by atoms with Crippen LogP contribution in [0.15, 0.2) is 24.3 Å². The molecule has 126 valence electrons. The second-order valence-electron chi connectivity index (χ2n) is 7.38. The van der Waals surface area contributed by atoms with Crippen LogP contribution in [0.4, 0.5) is 0 Å². The molecular weight excluding hydrogens is 284 g/mol. The summed E-state index contributed by atoms with van der Waals surface area (Å²) in [6.07, 6.45) is 8.26. The zero-order chi connectivity index (χ0) is 16.1. The van der Waals surface area contributed by atoms with E-state index in [9.17, 15) is 4.79 Å². The molecule has 0 radical (unpaired) electrons. The number of nitrogens with one attached hydrogen (secondary N) is 1. The molecule has 2 fully saturated rings. The number of amides is 1. The number of piperidine rings is 1. The first-order chi connectivity index (χ1) is 11.2. The van der Waals surface area contributed by atoms with Crippen LogP contribution in [-0.2, 0) is 11.3 Å². The number of carbonyl (C=O) groups is 1. The zero-order valence-electron chi connectivity index (χ0n) is 14.4. The second-order valence-corrected chi connectivity index (χ2v) is 7.38. The number of nitrogens with zero attached hydrogens (tertiary/aromatic N) is 1. The Balaban J connectivity index is 1.43. The molecule has 1 aromatic carbocycles. The largest absolute Gasteiger partial charge is 0.353 e. The van der Waals surface area contributed by atoms with E-state index in [2.05, 4.69) is 41.4 Å². The summed E-state index contributed by atoms with van der Waals surface area (Å²) in [5, 5.41) is 3.30. The Morgan fingerprint density at radius 3 is 2.57 bits per heavy atom. The van der Waals surface area contributed by atoms with Crippen LogP contribution in [0, 0.1) is 12.8 Å². The molecule has 1 heterocycles. The normalized spacial score (nSPS) is 21.3. The van der Waals surface area contributed by atoms with Gasteiger partial charge in [-0.05, 0) is 51.3 Å². The Hall–Kier alpha value is -1.35. The summed E-state index contributed by atoms with van der Waals surface area (Å²) >= 11 is 0. The molecule has 1 saturated heterocycles. The lowest BCUT2D eigenvalue weighted by Crippen LogP contribution is -2.44. The van der Waals surface area contributed by atoms with Crippen LogP contribution in [0.25, 0.3) is 0 Å². The molecule has 23 heavy (non-hydrogen) atoms. The second kappa shape index (κ2) is 7.96. The lowest BCUT2D eigenvalue weighted by molar-refractivity contribution is -0.127. The van der Waals surface area contributed by atoms with Gasteiger partial charge in [0.1, 0.15) is 0 Å². The molecule has 1 aliphatic carbocycles. The third-order valence-corrected chi connectivity index (χ3v) is 5.40. The average Bonchev–Trinajstić information content (AvgIpc) is 2.56. The molecule has 3 rings (SSSR count). The molecule has 1 aliphatic heterocycles. The molecule has 0 aromatic heterocycles. The van der Waals surface area contributed by atoms with Crippen molar-refractivity contribution < 1.29 is 4.79 Å². The summed E-state index contributed by atoms with van der Waals surface area (Å²) in [6, 6.07) is 9.19. The van der Waals surface area contributed by atoms with Gasteiger partial charge in [-0.1, -0.05) is 49.1 Å². The van der Waals surface area contributed by atoms with Crippen molar-refractivity contribution in [3.05, 3.63) is 35.4 Å². The van der Waals surface area contributed by atoms with Crippen molar-refractivity contribution in [2.24, 2.45) is 5.92 Å². The minimum Gasteiger partial charge on any atom is -0.353 e. The topological polar surface area (TPSA) is 32.3 Å². The van der Waals surface area contributed by atoms with Crippen molar-refractivity contribution >= 4 is 5.91 Å². The lowest BCUT2D eigenvalue weighted by atomic mass is 9.92. The van der Waals surface area contributed by atoms with Crippen LogP contribution in [0.5, 0.6) is 0 Å². The van der Waals surface area contributed by atoms with E-state index in [0.29, 0.717) is 11.9 Å². The minimum atomic E-state index is 0.227. The van der Waals surface area contributed by atoms with Crippen molar-refractivity contribution in [2.75, 3.05) is 13.1 Å². The van der Waals surface area contributed by atoms with Gasteiger partial charge in [0.25, 0.3) is 0 Å². The van der Waals surface area contributed by atoms with Gasteiger partial charge >= 0.3 is 0 Å². The highest BCUT2D eigenvalue weighted by Crippen LogP contribution is 2.22. The summed E-state index contributed by atoms with van der Waals surface area (Å²) in [6.45, 7) is 5.23. The predicted octanol–water partition coefficient (Wildman–Crippen LogP) is 3.66. The van der Waals surface area contributed by atoms with Gasteiger partial charge in [0.15, 0.2) is 0 Å². The van der Waals surface area contributed by atoms with Gasteiger partial charge in [0.05, 0.1) is 0 Å². The number of hydrogen-bond donors (Lipinski definition) is 1. The first-order valence-corrected chi connectivity index (χ1v) is 9.29. The fourth-order valence-corrected chi connectivity index (χ4v) is 3.99. The molecule has 1 aromatic rings. The van der Waals surface area contributed by atoms with E-state index in [-0.39, 0.29) is 5.92 Å². The van der Waals surface area contributed by atoms with Gasteiger partial charge in [-0.3, -0.25) is 9.69 Å². The first kappa shape index (κ1) is 16.5. The molecule has 2 aliphatic rings. The number of benzene rings is 1. The fraction of sp³-hybridized carbons (Fsp3) is 0.650. The molecule has 1 amide bonds. The van der Waals surface area contributed by atoms with E-state index in [0.717, 1.165) is 32.5 Å². The van der Waals surface area contributed by atoms with E-state index in [4.69, 9.17) is 0 Å². The molecule has 0 bridgehead atoms. The van der Waals surface area contributed by atoms with Crippen LogP contribution in [-0.4, -0.2) is 29.9 Å². The van der Waals surface area contributed by atoms with Crippen LogP contribution in [0.2, 0.25) is 0 Å². The highest BCUT2D eigenvalue weighted by Gasteiger charge is 2.26. The quantitative estimate of drug-likeness (QED) is 0.920. The Bertz CT molecular complexity index is 514. The van der Waals surface area contributed by atoms with E-state index in [1.807, 2.05) is 0 Å².